The van der Waals surface area contributed by atoms with Crippen LogP contribution in [0.3, 0.4) is 0 Å². The van der Waals surface area contributed by atoms with Gasteiger partial charge in [0.2, 0.25) is 5.88 Å². The second-order valence-electron chi connectivity index (χ2n) is 7.17. The van der Waals surface area contributed by atoms with Gasteiger partial charge in [0, 0.05) is 31.9 Å². The van der Waals surface area contributed by atoms with Crippen molar-refractivity contribution in [1.82, 2.24) is 20.5 Å². The Morgan fingerprint density at radius 2 is 1.86 bits per heavy atom. The van der Waals surface area contributed by atoms with Gasteiger partial charge < -0.3 is 15.4 Å². The molecule has 5 nitrogen and oxygen atoms in total. The third kappa shape index (κ3) is 8.21. The number of ether oxygens (including phenoxy) is 1. The van der Waals surface area contributed by atoms with Crippen molar-refractivity contribution >= 4 is 17.3 Å². The van der Waals surface area contributed by atoms with Crippen molar-refractivity contribution in [2.24, 2.45) is 0 Å². The Morgan fingerprint density at radius 1 is 1.03 bits per heavy atom. The topological polar surface area (TPSA) is 49.4 Å². The first-order chi connectivity index (χ1) is 14.3. The molecule has 3 rings (SSSR count). The molecule has 2 N–H and O–H groups in total. The van der Waals surface area contributed by atoms with Crippen LogP contribution in [-0.2, 0) is 13.1 Å². The van der Waals surface area contributed by atoms with E-state index >= 15 is 0 Å². The highest BCUT2D eigenvalue weighted by molar-refractivity contribution is 7.80. The molecule has 1 aromatic carbocycles. The van der Waals surface area contributed by atoms with Crippen molar-refractivity contribution in [2.75, 3.05) is 26.2 Å². The highest BCUT2D eigenvalue weighted by Crippen LogP contribution is 2.15. The lowest BCUT2D eigenvalue weighted by molar-refractivity contribution is 0.220. The lowest BCUT2D eigenvalue weighted by atomic mass is 10.1. The van der Waals surface area contributed by atoms with Gasteiger partial charge in [-0.25, -0.2) is 4.98 Å². The molecule has 29 heavy (non-hydrogen) atoms. The Kier molecular flexibility index (Phi) is 8.94. The van der Waals surface area contributed by atoms with Crippen molar-refractivity contribution in [3.05, 3.63) is 71.9 Å². The van der Waals surface area contributed by atoms with E-state index in [-0.39, 0.29) is 0 Å². The molecule has 0 bridgehead atoms. The first-order valence-corrected chi connectivity index (χ1v) is 10.7. The van der Waals surface area contributed by atoms with E-state index in [1.165, 1.54) is 43.5 Å². The summed E-state index contributed by atoms with van der Waals surface area (Å²) in [6, 6.07) is 14.3. The predicted octanol–water partition coefficient (Wildman–Crippen LogP) is 3.67. The average molecular weight is 411 g/mol. The van der Waals surface area contributed by atoms with E-state index in [0.717, 1.165) is 13.1 Å². The fourth-order valence-corrected chi connectivity index (χ4v) is 3.44. The van der Waals surface area contributed by atoms with Crippen LogP contribution < -0.4 is 15.4 Å². The number of thiocarbonyl (C=S) groups is 1. The Labute approximate surface area is 179 Å². The molecule has 154 valence electrons. The summed E-state index contributed by atoms with van der Waals surface area (Å²) < 4.78 is 5.76. The van der Waals surface area contributed by atoms with Gasteiger partial charge in [0.1, 0.15) is 6.61 Å². The Hall–Kier alpha value is -2.44. The summed E-state index contributed by atoms with van der Waals surface area (Å²) in [5, 5.41) is 7.00. The molecule has 1 aliphatic heterocycles. The molecule has 2 aromatic rings. The molecule has 1 saturated heterocycles. The molecular formula is C23H30N4OS. The van der Waals surface area contributed by atoms with Crippen molar-refractivity contribution in [3.8, 4) is 5.88 Å². The van der Waals surface area contributed by atoms with Crippen LogP contribution in [0.4, 0.5) is 0 Å². The van der Waals surface area contributed by atoms with E-state index in [2.05, 4.69) is 38.7 Å². The van der Waals surface area contributed by atoms with Crippen LogP contribution in [0.25, 0.3) is 0 Å². The molecule has 1 aromatic heterocycles. The van der Waals surface area contributed by atoms with E-state index in [9.17, 15) is 0 Å². The number of rotatable bonds is 9. The van der Waals surface area contributed by atoms with Crippen LogP contribution in [0.2, 0.25) is 0 Å². The highest BCUT2D eigenvalue weighted by atomic mass is 32.1. The minimum atomic E-state index is 0.492. The fourth-order valence-electron chi connectivity index (χ4n) is 3.28. The van der Waals surface area contributed by atoms with Gasteiger partial charge in [-0.05, 0) is 61.4 Å². The SMILES string of the molecule is S=C(NC/C=C\COc1cc(CN2CCCCC2)ccn1)NCc1ccccc1. The number of hydrogen-bond donors (Lipinski definition) is 2. The molecule has 0 spiro atoms. The van der Waals surface area contributed by atoms with E-state index < -0.39 is 0 Å². The number of aromatic nitrogens is 1. The molecule has 2 heterocycles. The second-order valence-corrected chi connectivity index (χ2v) is 7.58. The van der Waals surface area contributed by atoms with Gasteiger partial charge in [0.15, 0.2) is 5.11 Å². The van der Waals surface area contributed by atoms with Gasteiger partial charge in [-0.2, -0.15) is 0 Å². The lowest BCUT2D eigenvalue weighted by Crippen LogP contribution is -2.34. The number of hydrogen-bond acceptors (Lipinski definition) is 4. The molecule has 0 atom stereocenters. The summed E-state index contributed by atoms with van der Waals surface area (Å²) in [5.41, 5.74) is 2.47. The van der Waals surface area contributed by atoms with Crippen LogP contribution in [-0.4, -0.2) is 41.2 Å². The Balaban J connectivity index is 1.30. The molecule has 0 amide bonds. The van der Waals surface area contributed by atoms with Crippen molar-refractivity contribution in [3.63, 3.8) is 0 Å². The van der Waals surface area contributed by atoms with Crippen LogP contribution >= 0.6 is 12.2 Å². The molecular weight excluding hydrogens is 380 g/mol. The monoisotopic (exact) mass is 410 g/mol. The van der Waals surface area contributed by atoms with E-state index in [1.807, 2.05) is 42.6 Å². The number of likely N-dealkylation sites (tertiary alicyclic amines) is 1. The lowest BCUT2D eigenvalue weighted by Gasteiger charge is -2.26. The standard InChI is InChI=1S/C23H30N4OS/c29-23(26-18-20-9-3-1-4-10-20)25-12-5-8-16-28-22-17-21(11-13-24-22)19-27-14-6-2-7-15-27/h1,3-5,8-11,13,17H,2,6-7,12,14-16,18-19H2,(H2,25,26,29)/b8-5-. The molecule has 1 aliphatic rings. The maximum absolute atomic E-state index is 5.76. The zero-order chi connectivity index (χ0) is 20.2. The first kappa shape index (κ1) is 21.3. The fraction of sp³-hybridized carbons (Fsp3) is 0.391. The summed E-state index contributed by atoms with van der Waals surface area (Å²) in [7, 11) is 0. The summed E-state index contributed by atoms with van der Waals surface area (Å²) in [6.07, 6.45) is 9.78. The van der Waals surface area contributed by atoms with Crippen LogP contribution in [0, 0.1) is 0 Å². The normalized spacial score (nSPS) is 14.6. The first-order valence-electron chi connectivity index (χ1n) is 10.3. The number of nitrogens with zero attached hydrogens (tertiary/aromatic N) is 2. The van der Waals surface area contributed by atoms with Gasteiger partial charge >= 0.3 is 0 Å². The Bertz CT molecular complexity index is 775. The molecule has 6 heteroatoms. The molecule has 0 unspecified atom stereocenters. The number of nitrogens with one attached hydrogen (secondary N) is 2. The summed E-state index contributed by atoms with van der Waals surface area (Å²) >= 11 is 5.29. The van der Waals surface area contributed by atoms with Gasteiger partial charge in [-0.15, -0.1) is 0 Å². The van der Waals surface area contributed by atoms with Crippen molar-refractivity contribution < 1.29 is 4.74 Å². The van der Waals surface area contributed by atoms with Gasteiger partial charge in [0.05, 0.1) is 0 Å². The smallest absolute Gasteiger partial charge is 0.213 e. The maximum Gasteiger partial charge on any atom is 0.213 e. The van der Waals surface area contributed by atoms with Crippen molar-refractivity contribution in [2.45, 2.75) is 32.4 Å². The molecule has 0 aliphatic carbocycles. The summed E-state index contributed by atoms with van der Waals surface area (Å²) in [6.45, 7) is 5.23. The second kappa shape index (κ2) is 12.2. The Morgan fingerprint density at radius 3 is 2.69 bits per heavy atom. The number of benzene rings is 1. The largest absolute Gasteiger partial charge is 0.473 e. The summed E-state index contributed by atoms with van der Waals surface area (Å²) in [5.74, 6) is 0.678. The molecule has 0 radical (unpaired) electrons. The summed E-state index contributed by atoms with van der Waals surface area (Å²) in [4.78, 5) is 6.81. The third-order valence-electron chi connectivity index (χ3n) is 4.82. The zero-order valence-corrected chi connectivity index (χ0v) is 17.7. The van der Waals surface area contributed by atoms with E-state index in [4.69, 9.17) is 17.0 Å². The van der Waals surface area contributed by atoms with Crippen LogP contribution in [0.5, 0.6) is 5.88 Å². The minimum absolute atomic E-state index is 0.492. The van der Waals surface area contributed by atoms with Crippen LogP contribution in [0.15, 0.2) is 60.8 Å². The van der Waals surface area contributed by atoms with E-state index in [0.29, 0.717) is 24.1 Å². The highest BCUT2D eigenvalue weighted by Gasteiger charge is 2.10. The van der Waals surface area contributed by atoms with Gasteiger partial charge in [0.25, 0.3) is 0 Å². The van der Waals surface area contributed by atoms with Gasteiger partial charge in [-0.3, -0.25) is 4.90 Å². The average Bonchev–Trinajstić information content (AvgIpc) is 2.76. The third-order valence-corrected chi connectivity index (χ3v) is 5.11. The van der Waals surface area contributed by atoms with Crippen LogP contribution in [0.1, 0.15) is 30.4 Å². The molecule has 0 saturated carbocycles. The quantitative estimate of drug-likeness (QED) is 0.486. The zero-order valence-electron chi connectivity index (χ0n) is 16.8. The minimum Gasteiger partial charge on any atom is -0.473 e. The predicted molar refractivity (Wildman–Crippen MR) is 122 cm³/mol. The maximum atomic E-state index is 5.76. The van der Waals surface area contributed by atoms with Crippen molar-refractivity contribution in [1.29, 1.82) is 0 Å². The number of pyridine rings is 1. The number of piperidine rings is 1. The van der Waals surface area contributed by atoms with Gasteiger partial charge in [-0.1, -0.05) is 42.8 Å². The molecule has 1 fully saturated rings. The van der Waals surface area contributed by atoms with E-state index in [1.54, 1.807) is 0 Å².